The first-order valence-electron chi connectivity index (χ1n) is 3.88. The second-order valence-electron chi connectivity index (χ2n) is 3.00. The maximum absolute atomic E-state index is 11.3. The quantitative estimate of drug-likeness (QED) is 0.495. The van der Waals surface area contributed by atoms with E-state index in [2.05, 4.69) is 10.2 Å². The van der Waals surface area contributed by atoms with Crippen LogP contribution >= 0.6 is 0 Å². The van der Waals surface area contributed by atoms with Crippen molar-refractivity contribution in [3.8, 4) is 0 Å². The summed E-state index contributed by atoms with van der Waals surface area (Å²) in [5.41, 5.74) is -1.66. The van der Waals surface area contributed by atoms with Crippen LogP contribution in [0, 0.1) is 5.92 Å². The SMILES string of the molecule is CC(C)C(=O)c1c[nH][nH]c(=O)c1=O. The van der Waals surface area contributed by atoms with Crippen molar-refractivity contribution in [2.45, 2.75) is 13.8 Å². The number of ketones is 1. The van der Waals surface area contributed by atoms with Gasteiger partial charge in [0.2, 0.25) is 0 Å². The van der Waals surface area contributed by atoms with Gasteiger partial charge in [0.15, 0.2) is 5.78 Å². The molecule has 13 heavy (non-hydrogen) atoms. The minimum atomic E-state index is -0.800. The molecular weight excluding hydrogens is 172 g/mol. The molecule has 5 heteroatoms. The van der Waals surface area contributed by atoms with Crippen molar-refractivity contribution in [3.63, 3.8) is 0 Å². The van der Waals surface area contributed by atoms with Gasteiger partial charge in [-0.1, -0.05) is 13.8 Å². The van der Waals surface area contributed by atoms with Gasteiger partial charge < -0.3 is 5.10 Å². The second-order valence-corrected chi connectivity index (χ2v) is 3.00. The zero-order valence-electron chi connectivity index (χ0n) is 7.38. The van der Waals surface area contributed by atoms with Gasteiger partial charge in [0.1, 0.15) is 0 Å². The Morgan fingerprint density at radius 2 is 2.00 bits per heavy atom. The summed E-state index contributed by atoms with van der Waals surface area (Å²) in [7, 11) is 0. The number of rotatable bonds is 2. The zero-order valence-corrected chi connectivity index (χ0v) is 7.38. The van der Waals surface area contributed by atoms with E-state index in [9.17, 15) is 14.4 Å². The van der Waals surface area contributed by atoms with Crippen molar-refractivity contribution in [1.29, 1.82) is 0 Å². The Hall–Kier alpha value is -1.65. The third kappa shape index (κ3) is 1.74. The fraction of sp³-hybridized carbons (Fsp3) is 0.375. The Balaban J connectivity index is 3.32. The summed E-state index contributed by atoms with van der Waals surface area (Å²) in [6.45, 7) is 3.34. The van der Waals surface area contributed by atoms with Gasteiger partial charge in [-0.25, -0.2) is 0 Å². The Bertz CT molecular complexity index is 428. The first-order chi connectivity index (χ1) is 6.04. The van der Waals surface area contributed by atoms with Crippen LogP contribution in [0.4, 0.5) is 0 Å². The zero-order chi connectivity index (χ0) is 10.0. The van der Waals surface area contributed by atoms with Crippen molar-refractivity contribution < 1.29 is 4.79 Å². The van der Waals surface area contributed by atoms with E-state index < -0.39 is 11.0 Å². The van der Waals surface area contributed by atoms with Gasteiger partial charge in [0, 0.05) is 12.1 Å². The predicted molar refractivity (Wildman–Crippen MR) is 46.9 cm³/mol. The number of nitrogens with one attached hydrogen (secondary N) is 2. The molecule has 0 bridgehead atoms. The van der Waals surface area contributed by atoms with Crippen LogP contribution in [-0.2, 0) is 0 Å². The van der Waals surface area contributed by atoms with Crippen molar-refractivity contribution in [2.75, 3.05) is 0 Å². The Morgan fingerprint density at radius 3 is 2.54 bits per heavy atom. The van der Waals surface area contributed by atoms with Crippen LogP contribution in [0.5, 0.6) is 0 Å². The third-order valence-corrected chi connectivity index (χ3v) is 1.64. The molecule has 0 aliphatic heterocycles. The van der Waals surface area contributed by atoms with Crippen molar-refractivity contribution >= 4 is 5.78 Å². The molecule has 0 saturated heterocycles. The first-order valence-corrected chi connectivity index (χ1v) is 3.88. The molecule has 0 aromatic carbocycles. The van der Waals surface area contributed by atoms with Gasteiger partial charge in [-0.15, -0.1) is 0 Å². The highest BCUT2D eigenvalue weighted by molar-refractivity contribution is 5.96. The first kappa shape index (κ1) is 9.44. The maximum atomic E-state index is 11.3. The fourth-order valence-corrected chi connectivity index (χ4v) is 0.912. The molecule has 1 aromatic heterocycles. The Kier molecular flexibility index (Phi) is 2.46. The number of hydrogen-bond donors (Lipinski definition) is 2. The molecule has 0 atom stereocenters. The molecule has 1 aromatic rings. The molecule has 70 valence electrons. The molecule has 2 N–H and O–H groups in total. The van der Waals surface area contributed by atoms with E-state index in [0.717, 1.165) is 0 Å². The molecule has 0 fully saturated rings. The van der Waals surface area contributed by atoms with Crippen LogP contribution in [0.2, 0.25) is 0 Å². The van der Waals surface area contributed by atoms with E-state index in [0.29, 0.717) is 0 Å². The van der Waals surface area contributed by atoms with E-state index in [4.69, 9.17) is 0 Å². The summed E-state index contributed by atoms with van der Waals surface area (Å²) in [6, 6.07) is 0. The van der Waals surface area contributed by atoms with Crippen LogP contribution in [-0.4, -0.2) is 16.0 Å². The topological polar surface area (TPSA) is 82.8 Å². The molecule has 0 aliphatic carbocycles. The van der Waals surface area contributed by atoms with Crippen LogP contribution in [0.1, 0.15) is 24.2 Å². The monoisotopic (exact) mass is 182 g/mol. The van der Waals surface area contributed by atoms with E-state index in [1.165, 1.54) is 6.20 Å². The lowest BCUT2D eigenvalue weighted by atomic mass is 10.0. The number of H-pyrrole nitrogens is 2. The molecule has 1 heterocycles. The van der Waals surface area contributed by atoms with Gasteiger partial charge in [0.05, 0.1) is 5.56 Å². The van der Waals surface area contributed by atoms with E-state index in [-0.39, 0.29) is 17.3 Å². The van der Waals surface area contributed by atoms with Crippen molar-refractivity contribution in [3.05, 3.63) is 32.3 Å². The van der Waals surface area contributed by atoms with E-state index in [1.54, 1.807) is 13.8 Å². The van der Waals surface area contributed by atoms with Gasteiger partial charge >= 0.3 is 5.56 Å². The van der Waals surface area contributed by atoms with Gasteiger partial charge in [-0.05, 0) is 0 Å². The smallest absolute Gasteiger partial charge is 0.305 e. The molecule has 0 saturated carbocycles. The second kappa shape index (κ2) is 3.38. The summed E-state index contributed by atoms with van der Waals surface area (Å²) in [5, 5.41) is 4.44. The molecule has 0 spiro atoms. The van der Waals surface area contributed by atoms with Crippen LogP contribution in [0.3, 0.4) is 0 Å². The lowest BCUT2D eigenvalue weighted by molar-refractivity contribution is 0.0937. The summed E-state index contributed by atoms with van der Waals surface area (Å²) in [4.78, 5) is 33.3. The molecule has 0 amide bonds. The largest absolute Gasteiger partial charge is 0.310 e. The van der Waals surface area contributed by atoms with Gasteiger partial charge in [-0.3, -0.25) is 19.5 Å². The average molecular weight is 182 g/mol. The van der Waals surface area contributed by atoms with Crippen LogP contribution in [0.25, 0.3) is 0 Å². The summed E-state index contributed by atoms with van der Waals surface area (Å²) in [5.74, 6) is -0.616. The lowest BCUT2D eigenvalue weighted by Crippen LogP contribution is -2.33. The summed E-state index contributed by atoms with van der Waals surface area (Å²) < 4.78 is 0. The average Bonchev–Trinajstić information content (AvgIpc) is 2.08. The highest BCUT2D eigenvalue weighted by atomic mass is 16.2. The highest BCUT2D eigenvalue weighted by Crippen LogP contribution is 2.00. The third-order valence-electron chi connectivity index (χ3n) is 1.64. The van der Waals surface area contributed by atoms with E-state index >= 15 is 0 Å². The summed E-state index contributed by atoms with van der Waals surface area (Å²) >= 11 is 0. The number of Topliss-reactive ketones (excluding diaryl/α,β-unsaturated/α-hetero) is 1. The molecule has 0 radical (unpaired) electrons. The maximum Gasteiger partial charge on any atom is 0.310 e. The number of carbonyl (C=O) groups is 1. The van der Waals surface area contributed by atoms with Crippen LogP contribution in [0.15, 0.2) is 15.8 Å². The van der Waals surface area contributed by atoms with Crippen LogP contribution < -0.4 is 11.0 Å². The predicted octanol–water partition coefficient (Wildman–Crippen LogP) is -0.0981. The Labute approximate surface area is 73.8 Å². The lowest BCUT2D eigenvalue weighted by Gasteiger charge is -2.00. The summed E-state index contributed by atoms with van der Waals surface area (Å²) in [6.07, 6.45) is 1.21. The molecule has 5 nitrogen and oxygen atoms in total. The molecule has 1 rings (SSSR count). The number of aromatic amines is 2. The van der Waals surface area contributed by atoms with Gasteiger partial charge in [-0.2, -0.15) is 0 Å². The van der Waals surface area contributed by atoms with Crippen molar-refractivity contribution in [1.82, 2.24) is 10.2 Å². The fourth-order valence-electron chi connectivity index (χ4n) is 0.912. The Morgan fingerprint density at radius 1 is 1.38 bits per heavy atom. The molecular formula is C8H10N2O3. The minimum Gasteiger partial charge on any atom is -0.305 e. The van der Waals surface area contributed by atoms with Crippen molar-refractivity contribution in [2.24, 2.45) is 5.92 Å². The normalized spacial score (nSPS) is 10.4. The van der Waals surface area contributed by atoms with E-state index in [1.807, 2.05) is 0 Å². The molecule has 0 unspecified atom stereocenters. The standard InChI is InChI=1S/C8H10N2O3/c1-4(2)6(11)5-3-9-10-8(13)7(5)12/h3-4H,1-2H3,(H,9,12)(H,10,13). The highest BCUT2D eigenvalue weighted by Gasteiger charge is 2.15. The minimum absolute atomic E-state index is 0.0845. The number of carbonyl (C=O) groups excluding carboxylic acids is 1. The number of aromatic nitrogens is 2. The molecule has 0 aliphatic rings. The number of hydrogen-bond acceptors (Lipinski definition) is 3. The van der Waals surface area contributed by atoms with Gasteiger partial charge in [0.25, 0.3) is 5.43 Å².